The molecule has 0 aromatic heterocycles. The van der Waals surface area contributed by atoms with Crippen LogP contribution in [0.15, 0.2) is 53.6 Å². The Morgan fingerprint density at radius 3 is 2.56 bits per heavy atom. The predicted molar refractivity (Wildman–Crippen MR) is 66.9 cm³/mol. The Kier molecular flexibility index (Phi) is 4.82. The Hall–Kier alpha value is -2.07. The molecule has 0 bridgehead atoms. The second-order valence-corrected chi connectivity index (χ2v) is 3.36. The number of hydrogen-bond acceptors (Lipinski definition) is 1. The van der Waals surface area contributed by atoms with E-state index in [0.29, 0.717) is 5.57 Å². The molecule has 1 rings (SSSR count). The van der Waals surface area contributed by atoms with Gasteiger partial charge in [-0.15, -0.1) is 6.42 Å². The minimum atomic E-state index is 0.578. The predicted octanol–water partition coefficient (Wildman–Crippen LogP) is 2.93. The molecule has 0 aliphatic carbocycles. The molecule has 0 spiro atoms. The highest BCUT2D eigenvalue weighted by Gasteiger charge is 2.03. The summed E-state index contributed by atoms with van der Waals surface area (Å²) in [6.45, 7) is 1.91. The molecule has 0 radical (unpaired) electrons. The lowest BCUT2D eigenvalue weighted by atomic mass is 9.98. The third kappa shape index (κ3) is 3.25. The summed E-state index contributed by atoms with van der Waals surface area (Å²) in [7, 11) is 0. The minimum absolute atomic E-state index is 0.578. The van der Waals surface area contributed by atoms with Gasteiger partial charge in [0.15, 0.2) is 6.29 Å². The van der Waals surface area contributed by atoms with Crippen molar-refractivity contribution in [3.8, 4) is 12.3 Å². The molecule has 0 saturated heterocycles. The zero-order valence-corrected chi connectivity index (χ0v) is 9.31. The second-order valence-electron chi connectivity index (χ2n) is 3.36. The normalized spacial score (nSPS) is 12.0. The monoisotopic (exact) mass is 210 g/mol. The lowest BCUT2D eigenvalue weighted by Gasteiger charge is -2.05. The maximum Gasteiger partial charge on any atom is 0.150 e. The van der Waals surface area contributed by atoms with Crippen molar-refractivity contribution in [3.63, 3.8) is 0 Å². The summed E-state index contributed by atoms with van der Waals surface area (Å²) in [6, 6.07) is 9.99. The summed E-state index contributed by atoms with van der Waals surface area (Å²) < 4.78 is 0. The maximum absolute atomic E-state index is 10.9. The van der Waals surface area contributed by atoms with E-state index in [9.17, 15) is 4.79 Å². The number of carbonyl (C=O) groups is 1. The summed E-state index contributed by atoms with van der Waals surface area (Å²) in [5.41, 5.74) is 2.70. The lowest BCUT2D eigenvalue weighted by molar-refractivity contribution is -0.104. The van der Waals surface area contributed by atoms with Crippen LogP contribution in [0, 0.1) is 12.3 Å². The number of allylic oxidation sites excluding steroid dienone is 4. The molecule has 80 valence electrons. The highest BCUT2D eigenvalue weighted by Crippen LogP contribution is 2.14. The van der Waals surface area contributed by atoms with Crippen molar-refractivity contribution in [3.05, 3.63) is 59.2 Å². The van der Waals surface area contributed by atoms with Crippen LogP contribution in [0.1, 0.15) is 12.5 Å². The summed E-state index contributed by atoms with van der Waals surface area (Å²) in [5, 5.41) is 0. The fraction of sp³-hybridized carbons (Fsp3) is 0.133. The van der Waals surface area contributed by atoms with E-state index < -0.39 is 0 Å². The van der Waals surface area contributed by atoms with E-state index in [1.165, 1.54) is 11.6 Å². The van der Waals surface area contributed by atoms with Gasteiger partial charge in [0.05, 0.1) is 0 Å². The first-order valence-corrected chi connectivity index (χ1v) is 5.12. The zero-order valence-electron chi connectivity index (χ0n) is 9.31. The molecule has 0 atom stereocenters. The molecule has 0 aliphatic heterocycles. The third-order valence-electron chi connectivity index (χ3n) is 2.32. The molecule has 16 heavy (non-hydrogen) atoms. The van der Waals surface area contributed by atoms with Crippen LogP contribution < -0.4 is 0 Å². The summed E-state index contributed by atoms with van der Waals surface area (Å²) >= 11 is 0. The highest BCUT2D eigenvalue weighted by molar-refractivity contribution is 5.81. The molecule has 0 fully saturated rings. The Bertz CT molecular complexity index is 444. The first-order valence-electron chi connectivity index (χ1n) is 5.12. The SMILES string of the molecule is C#C/C=C(C=O)\C(=C/C)Cc1ccccc1. The molecule has 1 heteroatoms. The van der Waals surface area contributed by atoms with Crippen LogP contribution in [0.2, 0.25) is 0 Å². The van der Waals surface area contributed by atoms with Crippen LogP contribution in [-0.4, -0.2) is 6.29 Å². The van der Waals surface area contributed by atoms with E-state index in [-0.39, 0.29) is 0 Å². The van der Waals surface area contributed by atoms with Crippen LogP contribution in [0.3, 0.4) is 0 Å². The Labute approximate surface area is 96.5 Å². The van der Waals surface area contributed by atoms with E-state index in [0.717, 1.165) is 18.3 Å². The van der Waals surface area contributed by atoms with Gasteiger partial charge in [0.25, 0.3) is 0 Å². The molecule has 0 saturated carbocycles. The van der Waals surface area contributed by atoms with E-state index in [4.69, 9.17) is 6.42 Å². The van der Waals surface area contributed by atoms with Crippen molar-refractivity contribution in [2.24, 2.45) is 0 Å². The van der Waals surface area contributed by atoms with Crippen molar-refractivity contribution >= 4 is 6.29 Å². The van der Waals surface area contributed by atoms with Crippen molar-refractivity contribution in [1.82, 2.24) is 0 Å². The van der Waals surface area contributed by atoms with Gasteiger partial charge in [0.1, 0.15) is 0 Å². The Morgan fingerprint density at radius 2 is 2.06 bits per heavy atom. The van der Waals surface area contributed by atoms with Gasteiger partial charge in [-0.1, -0.05) is 42.3 Å². The van der Waals surface area contributed by atoms with E-state index in [1.54, 1.807) is 0 Å². The zero-order chi connectivity index (χ0) is 11.8. The average molecular weight is 210 g/mol. The Balaban J connectivity index is 2.91. The number of terminal acetylenes is 1. The van der Waals surface area contributed by atoms with Crippen LogP contribution in [0.4, 0.5) is 0 Å². The summed E-state index contributed by atoms with van der Waals surface area (Å²) in [4.78, 5) is 10.9. The first-order chi connectivity index (χ1) is 7.81. The Morgan fingerprint density at radius 1 is 1.38 bits per heavy atom. The van der Waals surface area contributed by atoms with Crippen LogP contribution in [-0.2, 0) is 11.2 Å². The standard InChI is InChI=1S/C15H14O/c1-3-8-15(12-16)14(4-2)11-13-9-6-5-7-10-13/h1,4-10,12H,11H2,2H3/b14-4-,15-8-. The summed E-state index contributed by atoms with van der Waals surface area (Å²) in [5.74, 6) is 2.39. The molecular formula is C15H14O. The van der Waals surface area contributed by atoms with E-state index in [2.05, 4.69) is 5.92 Å². The molecule has 1 aromatic rings. The average Bonchev–Trinajstić information content (AvgIpc) is 2.35. The topological polar surface area (TPSA) is 17.1 Å². The van der Waals surface area contributed by atoms with Crippen LogP contribution in [0.5, 0.6) is 0 Å². The van der Waals surface area contributed by atoms with Gasteiger partial charge in [-0.3, -0.25) is 4.79 Å². The number of benzene rings is 1. The second kappa shape index (κ2) is 6.42. The van der Waals surface area contributed by atoms with Crippen molar-refractivity contribution < 1.29 is 4.79 Å². The minimum Gasteiger partial charge on any atom is -0.298 e. The molecule has 0 heterocycles. The largest absolute Gasteiger partial charge is 0.298 e. The van der Waals surface area contributed by atoms with Gasteiger partial charge in [-0.2, -0.15) is 0 Å². The molecule has 1 aromatic carbocycles. The van der Waals surface area contributed by atoms with Crippen molar-refractivity contribution in [2.45, 2.75) is 13.3 Å². The van der Waals surface area contributed by atoms with Crippen LogP contribution >= 0.6 is 0 Å². The van der Waals surface area contributed by atoms with E-state index >= 15 is 0 Å². The third-order valence-corrected chi connectivity index (χ3v) is 2.32. The van der Waals surface area contributed by atoms with E-state index in [1.807, 2.05) is 43.3 Å². The fourth-order valence-corrected chi connectivity index (χ4v) is 1.48. The molecule has 0 amide bonds. The van der Waals surface area contributed by atoms with Gasteiger partial charge in [0, 0.05) is 5.57 Å². The van der Waals surface area contributed by atoms with Gasteiger partial charge >= 0.3 is 0 Å². The number of aldehydes is 1. The summed E-state index contributed by atoms with van der Waals surface area (Å²) in [6.07, 6.45) is 10.1. The smallest absolute Gasteiger partial charge is 0.150 e. The molecule has 0 unspecified atom stereocenters. The quantitative estimate of drug-likeness (QED) is 0.323. The lowest BCUT2D eigenvalue weighted by Crippen LogP contribution is -1.96. The molecular weight excluding hydrogens is 196 g/mol. The van der Waals surface area contributed by atoms with Gasteiger partial charge in [-0.25, -0.2) is 0 Å². The van der Waals surface area contributed by atoms with Crippen molar-refractivity contribution in [1.29, 1.82) is 0 Å². The number of rotatable bonds is 4. The highest BCUT2D eigenvalue weighted by atomic mass is 16.1. The molecule has 0 N–H and O–H groups in total. The van der Waals surface area contributed by atoms with Crippen LogP contribution in [0.25, 0.3) is 0 Å². The first kappa shape index (κ1) is 12.0. The fourth-order valence-electron chi connectivity index (χ4n) is 1.48. The van der Waals surface area contributed by atoms with Crippen molar-refractivity contribution in [2.75, 3.05) is 0 Å². The maximum atomic E-state index is 10.9. The van der Waals surface area contributed by atoms with Gasteiger partial charge < -0.3 is 0 Å². The van der Waals surface area contributed by atoms with Gasteiger partial charge in [0.2, 0.25) is 0 Å². The number of hydrogen-bond donors (Lipinski definition) is 0. The molecule has 0 aliphatic rings. The molecule has 1 nitrogen and oxygen atoms in total. The van der Waals surface area contributed by atoms with Gasteiger partial charge in [-0.05, 0) is 30.6 Å². The number of carbonyl (C=O) groups excluding carboxylic acids is 1.